The van der Waals surface area contributed by atoms with Gasteiger partial charge in [0, 0.05) is 11.8 Å². The number of H-pyrrole nitrogens is 1. The Labute approximate surface area is 82.9 Å². The van der Waals surface area contributed by atoms with Crippen molar-refractivity contribution >= 4 is 11.6 Å². The summed E-state index contributed by atoms with van der Waals surface area (Å²) in [5.41, 5.74) is -1.66. The molecule has 6 heteroatoms. The number of nitrogens with zero attached hydrogens (tertiary/aromatic N) is 1. The average Bonchev–Trinajstić information content (AvgIpc) is 2.10. The molecule has 0 bridgehead atoms. The molecule has 0 fully saturated rings. The number of hydrogen-bond donors (Lipinski definition) is 1. The van der Waals surface area contributed by atoms with Crippen molar-refractivity contribution in [3.8, 4) is 6.07 Å². The summed E-state index contributed by atoms with van der Waals surface area (Å²) in [6.45, 7) is 0. The van der Waals surface area contributed by atoms with E-state index in [-0.39, 0.29) is 17.1 Å². The molecular weight excluding hydrogens is 214 g/mol. The Hall–Kier alpha value is -1.41. The van der Waals surface area contributed by atoms with Crippen molar-refractivity contribution in [2.24, 2.45) is 0 Å². The van der Waals surface area contributed by atoms with Crippen molar-refractivity contribution in [2.75, 3.05) is 0 Å². The van der Waals surface area contributed by atoms with E-state index in [0.29, 0.717) is 0 Å². The van der Waals surface area contributed by atoms with Crippen LogP contribution in [0.5, 0.6) is 0 Å². The zero-order valence-electron chi connectivity index (χ0n) is 6.85. The molecular formula is C8H5ClF2N2O. The molecule has 1 heterocycles. The van der Waals surface area contributed by atoms with Crippen molar-refractivity contribution < 1.29 is 8.78 Å². The van der Waals surface area contributed by atoms with Crippen LogP contribution in [0.1, 0.15) is 17.6 Å². The lowest BCUT2D eigenvalue weighted by atomic mass is 10.1. The van der Waals surface area contributed by atoms with Gasteiger partial charge in [-0.2, -0.15) is 5.26 Å². The van der Waals surface area contributed by atoms with Crippen LogP contribution in [0.4, 0.5) is 8.78 Å². The summed E-state index contributed by atoms with van der Waals surface area (Å²) < 4.78 is 24.6. The third kappa shape index (κ3) is 1.91. The zero-order chi connectivity index (χ0) is 10.7. The van der Waals surface area contributed by atoms with Gasteiger partial charge in [-0.15, -0.1) is 0 Å². The Morgan fingerprint density at radius 2 is 2.29 bits per heavy atom. The topological polar surface area (TPSA) is 56.6 Å². The Kier molecular flexibility index (Phi) is 3.20. The van der Waals surface area contributed by atoms with E-state index in [1.54, 1.807) is 6.07 Å². The van der Waals surface area contributed by atoms with Crippen molar-refractivity contribution in [1.82, 2.24) is 4.98 Å². The molecule has 1 aromatic rings. The van der Waals surface area contributed by atoms with Gasteiger partial charge >= 0.3 is 0 Å². The van der Waals surface area contributed by atoms with Crippen LogP contribution in [0.2, 0.25) is 5.15 Å². The molecule has 0 unspecified atom stereocenters. The van der Waals surface area contributed by atoms with Gasteiger partial charge in [0.05, 0.1) is 12.5 Å². The van der Waals surface area contributed by atoms with Crippen LogP contribution < -0.4 is 5.43 Å². The summed E-state index contributed by atoms with van der Waals surface area (Å²) in [6, 6.07) is 1.70. The first-order valence-corrected chi connectivity index (χ1v) is 4.00. The average molecular weight is 219 g/mol. The minimum atomic E-state index is -2.94. The summed E-state index contributed by atoms with van der Waals surface area (Å²) in [6.07, 6.45) is -1.99. The minimum Gasteiger partial charge on any atom is -0.351 e. The van der Waals surface area contributed by atoms with Crippen LogP contribution in [0.3, 0.4) is 0 Å². The molecule has 0 aliphatic heterocycles. The first-order valence-electron chi connectivity index (χ1n) is 3.63. The molecule has 0 aliphatic carbocycles. The number of rotatable bonds is 2. The number of halogens is 3. The highest BCUT2D eigenvalue weighted by Gasteiger charge is 2.18. The number of hydrogen-bond acceptors (Lipinski definition) is 2. The van der Waals surface area contributed by atoms with Crippen LogP contribution in [-0.4, -0.2) is 4.98 Å². The normalized spacial score (nSPS) is 10.2. The van der Waals surface area contributed by atoms with E-state index in [1.807, 2.05) is 0 Å². The zero-order valence-corrected chi connectivity index (χ0v) is 7.61. The number of aromatic amines is 1. The fourth-order valence-electron chi connectivity index (χ4n) is 0.978. The van der Waals surface area contributed by atoms with Crippen LogP contribution in [0, 0.1) is 11.3 Å². The molecule has 0 aliphatic rings. The second-order valence-electron chi connectivity index (χ2n) is 2.51. The third-order valence-corrected chi connectivity index (χ3v) is 1.95. The summed E-state index contributed by atoms with van der Waals surface area (Å²) in [7, 11) is 0. The predicted molar refractivity (Wildman–Crippen MR) is 46.3 cm³/mol. The van der Waals surface area contributed by atoms with Gasteiger partial charge in [0.2, 0.25) is 0 Å². The molecule has 3 nitrogen and oxygen atoms in total. The van der Waals surface area contributed by atoms with Crippen molar-refractivity contribution in [2.45, 2.75) is 12.8 Å². The maximum absolute atomic E-state index is 12.3. The third-order valence-electron chi connectivity index (χ3n) is 1.63. The second-order valence-corrected chi connectivity index (χ2v) is 2.88. The van der Waals surface area contributed by atoms with Crippen molar-refractivity contribution in [3.63, 3.8) is 0 Å². The smallest absolute Gasteiger partial charge is 0.270 e. The predicted octanol–water partition coefficient (Wildman–Crippen LogP) is 2.03. The molecule has 0 atom stereocenters. The molecule has 1 aromatic heterocycles. The van der Waals surface area contributed by atoms with E-state index in [4.69, 9.17) is 16.9 Å². The fraction of sp³-hybridized carbons (Fsp3) is 0.250. The van der Waals surface area contributed by atoms with Gasteiger partial charge in [-0.3, -0.25) is 4.79 Å². The van der Waals surface area contributed by atoms with Gasteiger partial charge in [-0.05, 0) is 0 Å². The Bertz CT molecular complexity index is 436. The van der Waals surface area contributed by atoms with Gasteiger partial charge in [0.25, 0.3) is 6.43 Å². The lowest BCUT2D eigenvalue weighted by molar-refractivity contribution is 0.150. The Balaban J connectivity index is 3.36. The molecule has 0 amide bonds. The largest absolute Gasteiger partial charge is 0.351 e. The van der Waals surface area contributed by atoms with Gasteiger partial charge in [0.15, 0.2) is 5.43 Å². The fourth-order valence-corrected chi connectivity index (χ4v) is 1.20. The van der Waals surface area contributed by atoms with E-state index < -0.39 is 17.4 Å². The molecule has 0 radical (unpaired) electrons. The van der Waals surface area contributed by atoms with Gasteiger partial charge in [-0.25, -0.2) is 8.78 Å². The molecule has 74 valence electrons. The molecule has 0 spiro atoms. The maximum Gasteiger partial charge on any atom is 0.270 e. The second kappa shape index (κ2) is 4.20. The Morgan fingerprint density at radius 1 is 1.64 bits per heavy atom. The summed E-state index contributed by atoms with van der Waals surface area (Å²) >= 11 is 5.38. The van der Waals surface area contributed by atoms with Crippen molar-refractivity contribution in [3.05, 3.63) is 32.7 Å². The van der Waals surface area contributed by atoms with Gasteiger partial charge in [0.1, 0.15) is 10.7 Å². The highest BCUT2D eigenvalue weighted by atomic mass is 35.5. The molecule has 1 rings (SSSR count). The summed E-state index contributed by atoms with van der Waals surface area (Å²) in [5, 5.41) is 7.94. The van der Waals surface area contributed by atoms with E-state index >= 15 is 0 Å². The minimum absolute atomic E-state index is 0.00722. The highest BCUT2D eigenvalue weighted by molar-refractivity contribution is 6.30. The number of nitriles is 1. The van der Waals surface area contributed by atoms with E-state index in [0.717, 1.165) is 0 Å². The molecule has 0 aromatic carbocycles. The van der Waals surface area contributed by atoms with Crippen LogP contribution in [-0.2, 0) is 6.42 Å². The first kappa shape index (κ1) is 10.7. The summed E-state index contributed by atoms with van der Waals surface area (Å²) in [4.78, 5) is 13.6. The number of nitrogens with one attached hydrogen (secondary N) is 1. The maximum atomic E-state index is 12.3. The van der Waals surface area contributed by atoms with E-state index in [2.05, 4.69) is 4.98 Å². The summed E-state index contributed by atoms with van der Waals surface area (Å²) in [5.74, 6) is 0. The molecule has 1 N–H and O–H groups in total. The van der Waals surface area contributed by atoms with E-state index in [1.165, 1.54) is 6.20 Å². The van der Waals surface area contributed by atoms with Crippen LogP contribution in [0.15, 0.2) is 11.0 Å². The van der Waals surface area contributed by atoms with Crippen LogP contribution in [0.25, 0.3) is 0 Å². The lowest BCUT2D eigenvalue weighted by Gasteiger charge is -2.03. The van der Waals surface area contributed by atoms with Gasteiger partial charge in [-0.1, -0.05) is 11.6 Å². The number of alkyl halides is 2. The SMILES string of the molecule is N#CCc1c[nH]c(Cl)c(C(F)F)c1=O. The monoisotopic (exact) mass is 218 g/mol. The van der Waals surface area contributed by atoms with Crippen molar-refractivity contribution in [1.29, 1.82) is 5.26 Å². The first-order chi connectivity index (χ1) is 6.57. The highest BCUT2D eigenvalue weighted by Crippen LogP contribution is 2.21. The lowest BCUT2D eigenvalue weighted by Crippen LogP contribution is -2.16. The standard InChI is InChI=1S/C8H5ClF2N2O/c9-7-5(8(10)11)6(14)4(1-2-12)3-13-7/h3,8H,1H2,(H,13,14). The molecule has 0 saturated heterocycles. The number of pyridine rings is 1. The Morgan fingerprint density at radius 3 is 2.79 bits per heavy atom. The number of aromatic nitrogens is 1. The van der Waals surface area contributed by atoms with Crippen LogP contribution >= 0.6 is 11.6 Å². The molecule has 14 heavy (non-hydrogen) atoms. The molecule has 0 saturated carbocycles. The van der Waals surface area contributed by atoms with Gasteiger partial charge < -0.3 is 4.98 Å². The van der Waals surface area contributed by atoms with E-state index in [9.17, 15) is 13.6 Å². The quantitative estimate of drug-likeness (QED) is 0.773.